The number of carbonyl (C=O) groups excluding carboxylic acids is 2. The second kappa shape index (κ2) is 9.72. The minimum Gasteiger partial charge on any atom is -0.350 e. The zero-order chi connectivity index (χ0) is 21.7. The molecule has 2 N–H and O–H groups in total. The number of carbonyl (C=O) groups is 2. The van der Waals surface area contributed by atoms with Gasteiger partial charge < -0.3 is 15.5 Å². The second-order valence-electron chi connectivity index (χ2n) is 8.62. The van der Waals surface area contributed by atoms with Crippen molar-refractivity contribution in [1.29, 1.82) is 0 Å². The highest BCUT2D eigenvalue weighted by atomic mass is 32.1. The summed E-state index contributed by atoms with van der Waals surface area (Å²) in [5, 5.41) is 8.93. The van der Waals surface area contributed by atoms with Gasteiger partial charge in [-0.15, -0.1) is 11.3 Å². The quantitative estimate of drug-likeness (QED) is 0.709. The molecule has 3 heterocycles. The first kappa shape index (κ1) is 21.7. The van der Waals surface area contributed by atoms with Crippen molar-refractivity contribution < 1.29 is 9.59 Å². The van der Waals surface area contributed by atoms with Crippen LogP contribution in [0.5, 0.6) is 0 Å². The zero-order valence-electron chi connectivity index (χ0n) is 18.0. The van der Waals surface area contributed by atoms with E-state index in [1.54, 1.807) is 19.3 Å². The number of hydrogen-bond acceptors (Lipinski definition) is 7. The highest BCUT2D eigenvalue weighted by Crippen LogP contribution is 2.33. The standard InChI is InChI=1S/C22H30N6O2S/c1-16(29)27-22(8-3-2-4-9-22)15-19(30)28-12-6-17(7-13-28)18-5-10-23-20(25-18)26-21-24-11-14-31-21/h5,10-11,14,17H,2-4,6-9,12-13,15H2,1H3,(H,27,29)(H,23,24,25,26). The lowest BCUT2D eigenvalue weighted by molar-refractivity contribution is -0.135. The molecular formula is C22H30N6O2S. The number of nitrogens with one attached hydrogen (secondary N) is 2. The average molecular weight is 443 g/mol. The Kier molecular flexibility index (Phi) is 6.80. The Labute approximate surface area is 186 Å². The van der Waals surface area contributed by atoms with Crippen molar-refractivity contribution in [3.05, 3.63) is 29.5 Å². The smallest absolute Gasteiger partial charge is 0.229 e. The fourth-order valence-electron chi connectivity index (χ4n) is 4.81. The molecule has 2 fully saturated rings. The molecule has 0 bridgehead atoms. The van der Waals surface area contributed by atoms with Crippen molar-refractivity contribution in [2.24, 2.45) is 0 Å². The van der Waals surface area contributed by atoms with Gasteiger partial charge in [-0.3, -0.25) is 9.59 Å². The van der Waals surface area contributed by atoms with Gasteiger partial charge in [0.25, 0.3) is 0 Å². The molecule has 0 aromatic carbocycles. The van der Waals surface area contributed by atoms with Crippen LogP contribution in [0.25, 0.3) is 0 Å². The van der Waals surface area contributed by atoms with E-state index in [-0.39, 0.29) is 17.4 Å². The third-order valence-corrected chi connectivity index (χ3v) is 7.02. The maximum atomic E-state index is 13.1. The Morgan fingerprint density at radius 1 is 1.16 bits per heavy atom. The van der Waals surface area contributed by atoms with Crippen LogP contribution in [0.2, 0.25) is 0 Å². The lowest BCUT2D eigenvalue weighted by Gasteiger charge is -2.40. The van der Waals surface area contributed by atoms with E-state index in [1.807, 2.05) is 16.3 Å². The number of likely N-dealkylation sites (tertiary alicyclic amines) is 1. The third kappa shape index (κ3) is 5.58. The number of anilines is 2. The van der Waals surface area contributed by atoms with Gasteiger partial charge in [-0.2, -0.15) is 0 Å². The maximum Gasteiger partial charge on any atom is 0.229 e. The Hall–Kier alpha value is -2.55. The number of nitrogens with zero attached hydrogens (tertiary/aromatic N) is 4. The number of thiazole rings is 1. The van der Waals surface area contributed by atoms with Crippen molar-refractivity contribution in [2.75, 3.05) is 18.4 Å². The molecule has 1 aliphatic heterocycles. The van der Waals surface area contributed by atoms with Gasteiger partial charge in [-0.25, -0.2) is 15.0 Å². The average Bonchev–Trinajstić information content (AvgIpc) is 3.27. The summed E-state index contributed by atoms with van der Waals surface area (Å²) in [6.45, 7) is 2.99. The van der Waals surface area contributed by atoms with Crippen LogP contribution >= 0.6 is 11.3 Å². The van der Waals surface area contributed by atoms with Crippen molar-refractivity contribution >= 4 is 34.2 Å². The Morgan fingerprint density at radius 3 is 2.61 bits per heavy atom. The topological polar surface area (TPSA) is 100 Å². The summed E-state index contributed by atoms with van der Waals surface area (Å²) in [7, 11) is 0. The van der Waals surface area contributed by atoms with Crippen LogP contribution in [-0.4, -0.2) is 50.3 Å². The van der Waals surface area contributed by atoms with E-state index in [1.165, 1.54) is 17.8 Å². The van der Waals surface area contributed by atoms with E-state index in [0.29, 0.717) is 18.3 Å². The van der Waals surface area contributed by atoms with Crippen LogP contribution in [0, 0.1) is 0 Å². The first-order chi connectivity index (χ1) is 15.0. The van der Waals surface area contributed by atoms with Crippen molar-refractivity contribution in [3.8, 4) is 0 Å². The molecule has 2 aliphatic rings. The number of piperidine rings is 1. The predicted octanol–water partition coefficient (Wildman–Crippen LogP) is 3.61. The SMILES string of the molecule is CC(=O)NC1(CC(=O)N2CCC(c3ccnc(Nc4nccs4)n3)CC2)CCCCC1. The third-order valence-electron chi connectivity index (χ3n) is 6.34. The molecule has 1 saturated carbocycles. The maximum absolute atomic E-state index is 13.1. The normalized spacial score (nSPS) is 19.1. The fraction of sp³-hybridized carbons (Fsp3) is 0.591. The monoisotopic (exact) mass is 442 g/mol. The van der Waals surface area contributed by atoms with E-state index < -0.39 is 0 Å². The van der Waals surface area contributed by atoms with E-state index in [0.717, 1.165) is 62.4 Å². The lowest BCUT2D eigenvalue weighted by atomic mass is 9.78. The summed E-state index contributed by atoms with van der Waals surface area (Å²) in [4.78, 5) is 39.9. The van der Waals surface area contributed by atoms with Gasteiger partial charge in [0.1, 0.15) is 0 Å². The summed E-state index contributed by atoms with van der Waals surface area (Å²) in [5.41, 5.74) is 0.643. The van der Waals surface area contributed by atoms with Crippen LogP contribution in [0.15, 0.2) is 23.8 Å². The van der Waals surface area contributed by atoms with Crippen molar-refractivity contribution in [3.63, 3.8) is 0 Å². The van der Waals surface area contributed by atoms with Crippen LogP contribution < -0.4 is 10.6 Å². The fourth-order valence-corrected chi connectivity index (χ4v) is 5.34. The highest BCUT2D eigenvalue weighted by Gasteiger charge is 2.37. The molecule has 4 rings (SSSR count). The second-order valence-corrected chi connectivity index (χ2v) is 9.52. The molecule has 0 unspecified atom stereocenters. The van der Waals surface area contributed by atoms with Crippen LogP contribution in [0.1, 0.15) is 69.9 Å². The van der Waals surface area contributed by atoms with E-state index >= 15 is 0 Å². The summed E-state index contributed by atoms with van der Waals surface area (Å²) in [5.74, 6) is 0.977. The Morgan fingerprint density at radius 2 is 1.94 bits per heavy atom. The molecule has 9 heteroatoms. The van der Waals surface area contributed by atoms with Gasteiger partial charge >= 0.3 is 0 Å². The summed E-state index contributed by atoms with van der Waals surface area (Å²) in [6.07, 6.45) is 10.8. The molecule has 31 heavy (non-hydrogen) atoms. The minimum absolute atomic E-state index is 0.0423. The van der Waals surface area contributed by atoms with Crippen LogP contribution in [-0.2, 0) is 9.59 Å². The molecule has 0 radical (unpaired) electrons. The van der Waals surface area contributed by atoms with Gasteiger partial charge in [0, 0.05) is 61.4 Å². The summed E-state index contributed by atoms with van der Waals surface area (Å²) >= 11 is 1.51. The van der Waals surface area contributed by atoms with Gasteiger partial charge in [0.05, 0.1) is 0 Å². The molecule has 8 nitrogen and oxygen atoms in total. The molecule has 1 saturated heterocycles. The first-order valence-electron chi connectivity index (χ1n) is 11.1. The summed E-state index contributed by atoms with van der Waals surface area (Å²) < 4.78 is 0. The van der Waals surface area contributed by atoms with Crippen LogP contribution in [0.4, 0.5) is 11.1 Å². The number of amides is 2. The van der Waals surface area contributed by atoms with Crippen LogP contribution in [0.3, 0.4) is 0 Å². The summed E-state index contributed by atoms with van der Waals surface area (Å²) in [6, 6.07) is 1.96. The predicted molar refractivity (Wildman–Crippen MR) is 120 cm³/mol. The van der Waals surface area contributed by atoms with Crippen molar-refractivity contribution in [1.82, 2.24) is 25.2 Å². The molecular weight excluding hydrogens is 412 g/mol. The van der Waals surface area contributed by atoms with Gasteiger partial charge in [0.2, 0.25) is 17.8 Å². The number of aromatic nitrogens is 3. The van der Waals surface area contributed by atoms with Crippen molar-refractivity contribution in [2.45, 2.75) is 69.7 Å². The molecule has 0 spiro atoms. The van der Waals surface area contributed by atoms with Gasteiger partial charge in [-0.05, 0) is 31.7 Å². The van der Waals surface area contributed by atoms with E-state index in [4.69, 9.17) is 0 Å². The number of rotatable bonds is 6. The van der Waals surface area contributed by atoms with Gasteiger partial charge in [0.15, 0.2) is 5.13 Å². The Balaban J connectivity index is 1.34. The molecule has 2 amide bonds. The molecule has 2 aromatic rings. The number of hydrogen-bond donors (Lipinski definition) is 2. The van der Waals surface area contributed by atoms with E-state index in [2.05, 4.69) is 25.6 Å². The molecule has 1 aliphatic carbocycles. The molecule has 166 valence electrons. The molecule has 2 aromatic heterocycles. The minimum atomic E-state index is -0.360. The largest absolute Gasteiger partial charge is 0.350 e. The lowest BCUT2D eigenvalue weighted by Crippen LogP contribution is -2.52. The molecule has 0 atom stereocenters. The Bertz CT molecular complexity index is 889. The van der Waals surface area contributed by atoms with Gasteiger partial charge in [-0.1, -0.05) is 19.3 Å². The van der Waals surface area contributed by atoms with E-state index in [9.17, 15) is 9.59 Å². The zero-order valence-corrected chi connectivity index (χ0v) is 18.8. The first-order valence-corrected chi connectivity index (χ1v) is 12.0. The highest BCUT2D eigenvalue weighted by molar-refractivity contribution is 7.13.